The van der Waals surface area contributed by atoms with E-state index < -0.39 is 0 Å². The number of hydrogen-bond donors (Lipinski definition) is 1. The van der Waals surface area contributed by atoms with Gasteiger partial charge >= 0.3 is 0 Å². The molecular formula is C20H24N4O3. The van der Waals surface area contributed by atoms with Crippen LogP contribution in [-0.4, -0.2) is 33.9 Å². The van der Waals surface area contributed by atoms with Crippen LogP contribution < -0.4 is 14.8 Å². The Balaban J connectivity index is 1.50. The van der Waals surface area contributed by atoms with Crippen molar-refractivity contribution in [1.29, 1.82) is 0 Å². The van der Waals surface area contributed by atoms with Gasteiger partial charge in [0.15, 0.2) is 17.1 Å². The van der Waals surface area contributed by atoms with Gasteiger partial charge in [0, 0.05) is 18.9 Å². The average Bonchev–Trinajstić information content (AvgIpc) is 2.94. The molecule has 1 N–H and O–H groups in total. The summed E-state index contributed by atoms with van der Waals surface area (Å²) >= 11 is 0. The van der Waals surface area contributed by atoms with Crippen LogP contribution in [0.4, 0.5) is 5.69 Å². The van der Waals surface area contributed by atoms with Gasteiger partial charge in [-0.05, 0) is 38.5 Å². The Morgan fingerprint density at radius 1 is 1.22 bits per heavy atom. The number of rotatable bonds is 8. The lowest BCUT2D eigenvalue weighted by atomic mass is 10.2. The molecule has 1 amide bonds. The summed E-state index contributed by atoms with van der Waals surface area (Å²) in [4.78, 5) is 16.5. The second-order valence-electron chi connectivity index (χ2n) is 6.18. The normalized spacial score (nSPS) is 10.8. The number of para-hydroxylation sites is 2. The molecule has 0 fully saturated rings. The Kier molecular flexibility index (Phi) is 5.90. The van der Waals surface area contributed by atoms with Crippen LogP contribution in [-0.2, 0) is 11.8 Å². The van der Waals surface area contributed by atoms with Crippen molar-refractivity contribution in [3.05, 3.63) is 42.2 Å². The highest BCUT2D eigenvalue weighted by Gasteiger charge is 2.09. The third-order valence-electron chi connectivity index (χ3n) is 4.10. The van der Waals surface area contributed by atoms with Gasteiger partial charge in [-0.1, -0.05) is 12.1 Å². The number of carbonyl (C=O) groups excluding carboxylic acids is 1. The minimum absolute atomic E-state index is 0.0700. The quantitative estimate of drug-likeness (QED) is 0.616. The van der Waals surface area contributed by atoms with E-state index in [9.17, 15) is 4.79 Å². The smallest absolute Gasteiger partial charge is 0.224 e. The predicted molar refractivity (Wildman–Crippen MR) is 104 cm³/mol. The molecule has 3 aromatic rings. The number of ether oxygens (including phenoxy) is 2. The fourth-order valence-electron chi connectivity index (χ4n) is 2.86. The summed E-state index contributed by atoms with van der Waals surface area (Å²) in [5, 5.41) is 8.15. The molecule has 0 spiro atoms. The van der Waals surface area contributed by atoms with Crippen LogP contribution in [0.15, 0.2) is 36.5 Å². The zero-order chi connectivity index (χ0) is 19.2. The summed E-state index contributed by atoms with van der Waals surface area (Å²) in [6.45, 7) is 4.88. The van der Waals surface area contributed by atoms with E-state index in [0.29, 0.717) is 37.5 Å². The van der Waals surface area contributed by atoms with E-state index in [1.807, 2.05) is 51.2 Å². The number of nitrogens with zero attached hydrogens (tertiary/aromatic N) is 3. The maximum Gasteiger partial charge on any atom is 0.224 e. The Hall–Kier alpha value is -3.09. The van der Waals surface area contributed by atoms with Crippen molar-refractivity contribution in [3.8, 4) is 11.5 Å². The summed E-state index contributed by atoms with van der Waals surface area (Å²) in [5.74, 6) is 1.34. The molecule has 0 aliphatic heterocycles. The van der Waals surface area contributed by atoms with Crippen LogP contribution in [0, 0.1) is 6.92 Å². The van der Waals surface area contributed by atoms with Crippen LogP contribution in [0.2, 0.25) is 0 Å². The number of hydrogen-bond acceptors (Lipinski definition) is 5. The third-order valence-corrected chi connectivity index (χ3v) is 4.10. The number of benzene rings is 1. The lowest BCUT2D eigenvalue weighted by Crippen LogP contribution is -2.13. The highest BCUT2D eigenvalue weighted by atomic mass is 16.5. The number of aromatic nitrogens is 3. The molecular weight excluding hydrogens is 344 g/mol. The van der Waals surface area contributed by atoms with Crippen molar-refractivity contribution in [2.75, 3.05) is 18.5 Å². The second kappa shape index (κ2) is 8.53. The molecule has 7 nitrogen and oxygen atoms in total. The molecule has 27 heavy (non-hydrogen) atoms. The first-order valence-corrected chi connectivity index (χ1v) is 9.02. The highest BCUT2D eigenvalue weighted by molar-refractivity contribution is 5.93. The number of anilines is 1. The topological polar surface area (TPSA) is 78.3 Å². The van der Waals surface area contributed by atoms with Crippen LogP contribution in [0.1, 0.15) is 25.5 Å². The molecule has 0 unspecified atom stereocenters. The first-order valence-electron chi connectivity index (χ1n) is 9.02. The maximum atomic E-state index is 12.2. The van der Waals surface area contributed by atoms with Crippen LogP contribution >= 0.6 is 0 Å². The number of nitrogens with one attached hydrogen (secondary N) is 1. The molecule has 7 heteroatoms. The predicted octanol–water partition coefficient (Wildman–Crippen LogP) is 3.47. The van der Waals surface area contributed by atoms with Gasteiger partial charge in [-0.2, -0.15) is 5.10 Å². The third kappa shape index (κ3) is 4.55. The molecule has 0 aliphatic carbocycles. The number of amides is 1. The summed E-state index contributed by atoms with van der Waals surface area (Å²) < 4.78 is 13.0. The number of carbonyl (C=O) groups is 1. The number of fused-ring (bicyclic) bond motifs is 1. The fraction of sp³-hybridized carbons (Fsp3) is 0.350. The van der Waals surface area contributed by atoms with E-state index in [4.69, 9.17) is 9.47 Å². The lowest BCUT2D eigenvalue weighted by molar-refractivity contribution is -0.116. The molecule has 2 heterocycles. The second-order valence-corrected chi connectivity index (χ2v) is 6.18. The van der Waals surface area contributed by atoms with Crippen LogP contribution in [0.25, 0.3) is 11.0 Å². The number of pyridine rings is 1. The van der Waals surface area contributed by atoms with Crippen molar-refractivity contribution in [1.82, 2.24) is 14.8 Å². The molecule has 0 radical (unpaired) electrons. The van der Waals surface area contributed by atoms with E-state index in [2.05, 4.69) is 15.4 Å². The first kappa shape index (κ1) is 18.7. The van der Waals surface area contributed by atoms with Gasteiger partial charge in [-0.15, -0.1) is 0 Å². The Morgan fingerprint density at radius 2 is 1.96 bits per heavy atom. The summed E-state index contributed by atoms with van der Waals surface area (Å²) in [7, 11) is 1.85. The van der Waals surface area contributed by atoms with Gasteiger partial charge in [0.1, 0.15) is 0 Å². The van der Waals surface area contributed by atoms with Gasteiger partial charge in [0.2, 0.25) is 5.91 Å². The SMILES string of the molecule is CCOc1ccccc1OCCCC(=O)Nc1cnc2c(c1)c(C)nn2C. The number of aryl methyl sites for hydroxylation is 2. The van der Waals surface area contributed by atoms with Crippen LogP contribution in [0.3, 0.4) is 0 Å². The van der Waals surface area contributed by atoms with Gasteiger partial charge in [0.25, 0.3) is 0 Å². The molecule has 0 saturated carbocycles. The molecule has 2 aromatic heterocycles. The minimum atomic E-state index is -0.0700. The lowest BCUT2D eigenvalue weighted by Gasteiger charge is -2.11. The average molecular weight is 368 g/mol. The van der Waals surface area contributed by atoms with Crippen molar-refractivity contribution in [3.63, 3.8) is 0 Å². The van der Waals surface area contributed by atoms with Crippen molar-refractivity contribution >= 4 is 22.6 Å². The zero-order valence-electron chi connectivity index (χ0n) is 15.9. The molecule has 0 bridgehead atoms. The minimum Gasteiger partial charge on any atom is -0.490 e. The van der Waals surface area contributed by atoms with E-state index in [0.717, 1.165) is 22.5 Å². The van der Waals surface area contributed by atoms with Gasteiger partial charge in [0.05, 0.1) is 30.8 Å². The zero-order valence-corrected chi connectivity index (χ0v) is 15.9. The van der Waals surface area contributed by atoms with E-state index >= 15 is 0 Å². The first-order chi connectivity index (χ1) is 13.1. The van der Waals surface area contributed by atoms with Gasteiger partial charge in [-0.25, -0.2) is 4.98 Å². The van der Waals surface area contributed by atoms with Crippen LogP contribution in [0.5, 0.6) is 11.5 Å². The van der Waals surface area contributed by atoms with Gasteiger partial charge < -0.3 is 14.8 Å². The fourth-order valence-corrected chi connectivity index (χ4v) is 2.86. The van der Waals surface area contributed by atoms with Crippen molar-refractivity contribution < 1.29 is 14.3 Å². The molecule has 0 saturated heterocycles. The largest absolute Gasteiger partial charge is 0.490 e. The van der Waals surface area contributed by atoms with Crippen molar-refractivity contribution in [2.45, 2.75) is 26.7 Å². The van der Waals surface area contributed by atoms with E-state index in [1.165, 1.54) is 0 Å². The maximum absolute atomic E-state index is 12.2. The Bertz CT molecular complexity index is 936. The highest BCUT2D eigenvalue weighted by Crippen LogP contribution is 2.26. The van der Waals surface area contributed by atoms with E-state index in [-0.39, 0.29) is 5.91 Å². The summed E-state index contributed by atoms with van der Waals surface area (Å²) in [6.07, 6.45) is 2.62. The monoisotopic (exact) mass is 368 g/mol. The molecule has 3 rings (SSSR count). The Labute approximate surface area is 158 Å². The standard InChI is InChI=1S/C20H24N4O3/c1-4-26-17-8-5-6-9-18(17)27-11-7-10-19(25)22-15-12-16-14(2)23-24(3)20(16)21-13-15/h5-6,8-9,12-13H,4,7,10-11H2,1-3H3,(H,22,25). The molecule has 0 aliphatic rings. The summed E-state index contributed by atoms with van der Waals surface area (Å²) in [5.41, 5.74) is 2.36. The van der Waals surface area contributed by atoms with E-state index in [1.54, 1.807) is 10.9 Å². The molecule has 142 valence electrons. The summed E-state index contributed by atoms with van der Waals surface area (Å²) in [6, 6.07) is 9.43. The molecule has 0 atom stereocenters. The molecule has 1 aromatic carbocycles. The Morgan fingerprint density at radius 3 is 2.70 bits per heavy atom. The van der Waals surface area contributed by atoms with Gasteiger partial charge in [-0.3, -0.25) is 9.48 Å². The van der Waals surface area contributed by atoms with Crippen molar-refractivity contribution in [2.24, 2.45) is 7.05 Å².